The predicted molar refractivity (Wildman–Crippen MR) is 200 cm³/mol. The van der Waals surface area contributed by atoms with E-state index in [1.807, 2.05) is 36.0 Å². The van der Waals surface area contributed by atoms with E-state index in [0.29, 0.717) is 86.9 Å². The Kier molecular flexibility index (Phi) is 9.26. The van der Waals surface area contributed by atoms with Crippen LogP contribution in [0.1, 0.15) is 45.2 Å². The first-order valence-corrected chi connectivity index (χ1v) is 20.2. The molecular formula is C37H36ClFN6O6S2. The van der Waals surface area contributed by atoms with Gasteiger partial charge in [0.25, 0.3) is 0 Å². The van der Waals surface area contributed by atoms with E-state index in [1.165, 1.54) is 28.2 Å². The summed E-state index contributed by atoms with van der Waals surface area (Å²) in [6, 6.07) is 13.9. The maximum atomic E-state index is 14.4. The van der Waals surface area contributed by atoms with Gasteiger partial charge in [0.05, 0.1) is 73.3 Å². The molecule has 0 aliphatic carbocycles. The summed E-state index contributed by atoms with van der Waals surface area (Å²) < 4.78 is 60.0. The summed E-state index contributed by atoms with van der Waals surface area (Å²) in [5.74, 6) is -0.345. The van der Waals surface area contributed by atoms with Gasteiger partial charge < -0.3 is 19.1 Å². The van der Waals surface area contributed by atoms with E-state index in [9.17, 15) is 22.7 Å². The van der Waals surface area contributed by atoms with Gasteiger partial charge in [0.1, 0.15) is 17.3 Å². The molecule has 8 rings (SSSR count). The number of hydrogen-bond acceptors (Lipinski definition) is 8. The molecule has 276 valence electrons. The Morgan fingerprint density at radius 1 is 1.02 bits per heavy atom. The molecule has 2 aliphatic heterocycles. The molecule has 0 saturated carbocycles. The lowest BCUT2D eigenvalue weighted by molar-refractivity contribution is 0.0685. The molecule has 8 bridgehead atoms. The Labute approximate surface area is 314 Å². The number of hydrogen-bond donors (Lipinski definition) is 1. The average molecular weight is 779 g/mol. The van der Waals surface area contributed by atoms with Gasteiger partial charge in [-0.25, -0.2) is 17.6 Å². The number of carboxylic acids is 1. The molecule has 0 saturated heterocycles. The molecule has 3 aromatic heterocycles. The number of ether oxygens (including phenoxy) is 2. The van der Waals surface area contributed by atoms with Crippen LogP contribution in [0.15, 0.2) is 53.4 Å². The summed E-state index contributed by atoms with van der Waals surface area (Å²) in [6.07, 6.45) is 2.03. The molecule has 0 atom stereocenters. The minimum absolute atomic E-state index is 0.0158. The van der Waals surface area contributed by atoms with Crippen molar-refractivity contribution in [3.05, 3.63) is 93.4 Å². The van der Waals surface area contributed by atoms with Crippen molar-refractivity contribution in [3.63, 3.8) is 0 Å². The van der Waals surface area contributed by atoms with Gasteiger partial charge in [-0.05, 0) is 66.3 Å². The highest BCUT2D eigenvalue weighted by molar-refractivity contribution is 7.98. The van der Waals surface area contributed by atoms with Crippen molar-refractivity contribution in [3.8, 4) is 16.9 Å². The number of rotatable bonds is 2. The van der Waals surface area contributed by atoms with E-state index in [-0.39, 0.29) is 37.8 Å². The largest absolute Gasteiger partial charge is 0.493 e. The summed E-state index contributed by atoms with van der Waals surface area (Å²) in [5.41, 5.74) is 5.14. The third kappa shape index (κ3) is 6.58. The summed E-state index contributed by atoms with van der Waals surface area (Å²) in [6.45, 7) is 1.29. The molecule has 1 N–H and O–H groups in total. The fourth-order valence-electron chi connectivity index (χ4n) is 7.46. The van der Waals surface area contributed by atoms with E-state index in [4.69, 9.17) is 26.2 Å². The van der Waals surface area contributed by atoms with Gasteiger partial charge in [-0.1, -0.05) is 17.7 Å². The van der Waals surface area contributed by atoms with Crippen LogP contribution in [0.4, 0.5) is 4.39 Å². The first-order valence-electron chi connectivity index (χ1n) is 17.0. The van der Waals surface area contributed by atoms with Crippen LogP contribution in [-0.4, -0.2) is 67.4 Å². The third-order valence-electron chi connectivity index (χ3n) is 9.90. The number of carboxylic acid groups (broad SMARTS) is 1. The van der Waals surface area contributed by atoms with Gasteiger partial charge >= 0.3 is 5.97 Å². The molecule has 0 fully saturated rings. The summed E-state index contributed by atoms with van der Waals surface area (Å²) >= 11 is 8.57. The molecule has 0 unspecified atom stereocenters. The van der Waals surface area contributed by atoms with Gasteiger partial charge in [0, 0.05) is 52.3 Å². The van der Waals surface area contributed by atoms with Crippen LogP contribution in [0, 0.1) is 5.82 Å². The second-order valence-corrected chi connectivity index (χ2v) is 16.8. The minimum Gasteiger partial charge on any atom is -0.493 e. The molecule has 16 heteroatoms. The van der Waals surface area contributed by atoms with Crippen LogP contribution in [0.2, 0.25) is 5.02 Å². The first-order chi connectivity index (χ1) is 25.4. The SMILES string of the molecule is Cn1nc2cc1CSc1cc(c3ccc(F)cc3c1)OCCCc1c(C(=O)O)n(C)c3c(c(Cl)ccc13)-c1c(nn3c1COCC3)CN(S(C)(=O)=O)C2. The van der Waals surface area contributed by atoms with Crippen LogP contribution in [0.25, 0.3) is 32.8 Å². The van der Waals surface area contributed by atoms with Crippen molar-refractivity contribution in [1.29, 1.82) is 0 Å². The highest BCUT2D eigenvalue weighted by atomic mass is 35.5. The number of benzene rings is 3. The van der Waals surface area contributed by atoms with Crippen LogP contribution < -0.4 is 4.74 Å². The zero-order chi connectivity index (χ0) is 37.2. The minimum atomic E-state index is -3.79. The van der Waals surface area contributed by atoms with Crippen LogP contribution in [0.3, 0.4) is 0 Å². The number of fused-ring (bicyclic) bond motifs is 10. The predicted octanol–water partition coefficient (Wildman–Crippen LogP) is 6.53. The van der Waals surface area contributed by atoms with Crippen LogP contribution in [-0.2, 0) is 67.3 Å². The van der Waals surface area contributed by atoms with E-state index < -0.39 is 16.0 Å². The van der Waals surface area contributed by atoms with Gasteiger partial charge in [0.15, 0.2) is 0 Å². The fraction of sp³-hybridized carbons (Fsp3) is 0.324. The Bertz CT molecular complexity index is 2560. The number of thioether (sulfide) groups is 1. The fourth-order valence-corrected chi connectivity index (χ4v) is 9.41. The highest BCUT2D eigenvalue weighted by Gasteiger charge is 2.32. The maximum absolute atomic E-state index is 14.4. The summed E-state index contributed by atoms with van der Waals surface area (Å²) in [4.78, 5) is 13.8. The molecule has 0 amide bonds. The number of halogens is 2. The zero-order valence-corrected chi connectivity index (χ0v) is 31.6. The Hall–Kier alpha value is -4.41. The van der Waals surface area contributed by atoms with Crippen molar-refractivity contribution >= 4 is 61.0 Å². The van der Waals surface area contributed by atoms with E-state index >= 15 is 0 Å². The lowest BCUT2D eigenvalue weighted by atomic mass is 9.97. The first kappa shape index (κ1) is 35.6. The van der Waals surface area contributed by atoms with Gasteiger partial charge in [-0.2, -0.15) is 14.5 Å². The Morgan fingerprint density at radius 3 is 2.62 bits per heavy atom. The smallest absolute Gasteiger partial charge is 0.352 e. The van der Waals surface area contributed by atoms with Crippen molar-refractivity contribution in [2.24, 2.45) is 14.1 Å². The second-order valence-electron chi connectivity index (χ2n) is 13.4. The van der Waals surface area contributed by atoms with E-state index in [1.54, 1.807) is 28.4 Å². The second kappa shape index (κ2) is 13.8. The summed E-state index contributed by atoms with van der Waals surface area (Å²) in [7, 11) is -0.270. The van der Waals surface area contributed by atoms with Gasteiger partial charge in [0.2, 0.25) is 10.0 Å². The maximum Gasteiger partial charge on any atom is 0.352 e. The molecule has 0 spiro atoms. The number of aromatic nitrogens is 5. The molecule has 2 aliphatic rings. The zero-order valence-electron chi connectivity index (χ0n) is 29.2. The lowest BCUT2D eigenvalue weighted by Gasteiger charge is -2.20. The molecule has 0 radical (unpaired) electrons. The Morgan fingerprint density at radius 2 is 1.83 bits per heavy atom. The molecule has 53 heavy (non-hydrogen) atoms. The van der Waals surface area contributed by atoms with Gasteiger partial charge in [-0.15, -0.1) is 11.8 Å². The van der Waals surface area contributed by atoms with Gasteiger partial charge in [-0.3, -0.25) is 9.36 Å². The number of nitrogens with zero attached hydrogens (tertiary/aromatic N) is 6. The normalized spacial score (nSPS) is 15.9. The number of sulfonamides is 1. The number of aryl methyl sites for hydroxylation is 3. The number of carbonyl (C=O) groups is 1. The van der Waals surface area contributed by atoms with Crippen LogP contribution in [0.5, 0.6) is 5.75 Å². The quantitative estimate of drug-likeness (QED) is 0.208. The van der Waals surface area contributed by atoms with E-state index in [0.717, 1.165) is 27.9 Å². The monoisotopic (exact) mass is 778 g/mol. The molecule has 3 aromatic carbocycles. The van der Waals surface area contributed by atoms with Crippen LogP contribution >= 0.6 is 23.4 Å². The number of aromatic carboxylic acids is 1. The summed E-state index contributed by atoms with van der Waals surface area (Å²) in [5, 5.41) is 22.6. The van der Waals surface area contributed by atoms with E-state index in [2.05, 4.69) is 5.10 Å². The molecule has 6 aromatic rings. The topological polar surface area (TPSA) is 134 Å². The molecule has 5 heterocycles. The third-order valence-corrected chi connectivity index (χ3v) is 12.4. The molecule has 12 nitrogen and oxygen atoms in total. The lowest BCUT2D eigenvalue weighted by Crippen LogP contribution is -2.29. The highest BCUT2D eigenvalue weighted by Crippen LogP contribution is 2.43. The standard InChI is InChI=1S/C37H36ClFN6O6S2/c1-42-35-28-8-9-29(38)33(35)34-30(41-45-10-12-50-19-31(34)45)18-44(53(3,48)49)17-23-15-24(43(2)40-23)20-52-25-14-21-13-22(39)6-7-26(21)32(16-25)51-11-4-5-27(28)36(42)37(46)47/h6-9,13-16H,4-5,10-12,17-20H2,1-3H3,(H,46,47). The average Bonchev–Trinajstić information content (AvgIpc) is 3.74. The Balaban J connectivity index is 1.32. The van der Waals surface area contributed by atoms with Crippen molar-refractivity contribution < 1.29 is 32.2 Å². The molecular weight excluding hydrogens is 743 g/mol. The van der Waals surface area contributed by atoms with Crippen molar-refractivity contribution in [1.82, 2.24) is 28.4 Å². The van der Waals surface area contributed by atoms with Crippen molar-refractivity contribution in [2.75, 3.05) is 19.5 Å². The van der Waals surface area contributed by atoms with Crippen molar-refractivity contribution in [2.45, 2.75) is 49.7 Å².